The fourth-order valence-electron chi connectivity index (χ4n) is 4.07. The highest BCUT2D eigenvalue weighted by molar-refractivity contribution is 6.07. The first kappa shape index (κ1) is 24.1. The molecule has 1 fully saturated rings. The molecule has 10 heteroatoms. The zero-order chi connectivity index (χ0) is 24.0. The monoisotopic (exact) mass is 455 g/mol. The van der Waals surface area contributed by atoms with Crippen molar-refractivity contribution in [2.24, 2.45) is 10.9 Å². The number of nitriles is 1. The molecule has 2 unspecified atom stereocenters. The Morgan fingerprint density at radius 1 is 1.33 bits per heavy atom. The molecule has 2 aliphatic heterocycles. The molecule has 0 aliphatic carbocycles. The van der Waals surface area contributed by atoms with Gasteiger partial charge in [0.05, 0.1) is 29.6 Å². The lowest BCUT2D eigenvalue weighted by Gasteiger charge is -2.33. The second kappa shape index (κ2) is 10.8. The molecule has 33 heavy (non-hydrogen) atoms. The van der Waals surface area contributed by atoms with Crippen LogP contribution in [0.2, 0.25) is 0 Å². The van der Waals surface area contributed by atoms with Gasteiger partial charge in [0.1, 0.15) is 12.5 Å². The van der Waals surface area contributed by atoms with Crippen LogP contribution in [0.25, 0.3) is 0 Å². The van der Waals surface area contributed by atoms with Gasteiger partial charge in [0.2, 0.25) is 6.29 Å². The molecule has 1 saturated heterocycles. The number of carbonyl (C=O) groups excluding carboxylic acids is 2. The van der Waals surface area contributed by atoms with E-state index in [0.717, 1.165) is 12.8 Å². The van der Waals surface area contributed by atoms with E-state index < -0.39 is 35.0 Å². The highest BCUT2D eigenvalue weighted by atomic mass is 16.7. The number of esters is 2. The summed E-state index contributed by atoms with van der Waals surface area (Å²) in [5.74, 6) is -3.27. The molecule has 0 spiro atoms. The van der Waals surface area contributed by atoms with Gasteiger partial charge in [-0.05, 0) is 32.3 Å². The van der Waals surface area contributed by atoms with Crippen LogP contribution in [0.15, 0.2) is 40.5 Å². The molecule has 3 atom stereocenters. The van der Waals surface area contributed by atoms with Gasteiger partial charge < -0.3 is 14.2 Å². The molecule has 10 nitrogen and oxygen atoms in total. The van der Waals surface area contributed by atoms with Crippen molar-refractivity contribution in [1.29, 1.82) is 5.26 Å². The van der Waals surface area contributed by atoms with E-state index in [0.29, 0.717) is 30.0 Å². The summed E-state index contributed by atoms with van der Waals surface area (Å²) in [5, 5.41) is 20.1. The summed E-state index contributed by atoms with van der Waals surface area (Å²) in [6, 6.07) is 7.67. The van der Waals surface area contributed by atoms with E-state index in [1.807, 2.05) is 6.07 Å². The summed E-state index contributed by atoms with van der Waals surface area (Å²) in [5.41, 5.74) is 1.06. The van der Waals surface area contributed by atoms with Crippen molar-refractivity contribution in [3.63, 3.8) is 0 Å². The summed E-state index contributed by atoms with van der Waals surface area (Å²) >= 11 is 0. The molecular weight excluding hydrogens is 430 g/mol. The van der Waals surface area contributed by atoms with E-state index in [9.17, 15) is 19.7 Å². The molecule has 0 aromatic heterocycles. The third-order valence-corrected chi connectivity index (χ3v) is 5.57. The zero-order valence-corrected chi connectivity index (χ0v) is 18.5. The maximum Gasteiger partial charge on any atom is 0.336 e. The Kier molecular flexibility index (Phi) is 7.90. The van der Waals surface area contributed by atoms with Crippen molar-refractivity contribution >= 4 is 23.3 Å². The molecule has 0 N–H and O–H groups in total. The summed E-state index contributed by atoms with van der Waals surface area (Å²) in [7, 11) is 0. The maximum atomic E-state index is 13.3. The first-order valence-electron chi connectivity index (χ1n) is 10.7. The molecule has 2 aliphatic rings. The normalized spacial score (nSPS) is 22.7. The Balaban J connectivity index is 2.03. The molecule has 1 aromatic carbocycles. The third kappa shape index (κ3) is 5.62. The van der Waals surface area contributed by atoms with Crippen LogP contribution in [0.5, 0.6) is 0 Å². The van der Waals surface area contributed by atoms with Crippen molar-refractivity contribution < 1.29 is 28.7 Å². The lowest BCUT2D eigenvalue weighted by atomic mass is 9.75. The number of nitro benzene ring substituents is 1. The Morgan fingerprint density at radius 2 is 2.12 bits per heavy atom. The molecule has 174 valence electrons. The van der Waals surface area contributed by atoms with Gasteiger partial charge in [-0.25, -0.2) is 4.79 Å². The minimum absolute atomic E-state index is 0.00628. The number of nitrogens with zero attached hydrogens (tertiary/aromatic N) is 3. The molecule has 2 heterocycles. The molecule has 0 saturated carbocycles. The number of allylic oxidation sites excluding steroid dienone is 1. The number of hydrogen-bond acceptors (Lipinski definition) is 9. The van der Waals surface area contributed by atoms with Crippen LogP contribution in [0, 0.1) is 27.4 Å². The van der Waals surface area contributed by atoms with E-state index in [1.165, 1.54) is 18.2 Å². The summed E-state index contributed by atoms with van der Waals surface area (Å²) < 4.78 is 16.4. The van der Waals surface area contributed by atoms with Crippen LogP contribution >= 0.6 is 0 Å². The average molecular weight is 455 g/mol. The van der Waals surface area contributed by atoms with Crippen LogP contribution in [-0.4, -0.2) is 42.1 Å². The van der Waals surface area contributed by atoms with E-state index >= 15 is 0 Å². The van der Waals surface area contributed by atoms with Crippen molar-refractivity contribution in [2.45, 2.75) is 51.7 Å². The molecule has 0 bridgehead atoms. The predicted octanol–water partition coefficient (Wildman–Crippen LogP) is 3.57. The van der Waals surface area contributed by atoms with Gasteiger partial charge in [-0.15, -0.1) is 0 Å². The van der Waals surface area contributed by atoms with E-state index in [4.69, 9.17) is 19.5 Å². The van der Waals surface area contributed by atoms with Gasteiger partial charge in [-0.3, -0.25) is 19.9 Å². The zero-order valence-electron chi connectivity index (χ0n) is 18.5. The Labute approximate surface area is 191 Å². The minimum Gasteiger partial charge on any atom is -0.461 e. The van der Waals surface area contributed by atoms with Gasteiger partial charge in [-0.1, -0.05) is 12.1 Å². The molecule has 0 amide bonds. The SMILES string of the molecule is CC1=NC(C)=C(C(=O)OCCC#N)[C@H](c2cccc([N+](=O)[O-])c2)C1C(=O)OC1CCCCO1. The van der Waals surface area contributed by atoms with Crippen molar-refractivity contribution in [3.05, 3.63) is 51.2 Å². The van der Waals surface area contributed by atoms with Crippen LogP contribution < -0.4 is 0 Å². The van der Waals surface area contributed by atoms with Gasteiger partial charge in [0.15, 0.2) is 0 Å². The van der Waals surface area contributed by atoms with E-state index in [-0.39, 0.29) is 24.3 Å². The highest BCUT2D eigenvalue weighted by Gasteiger charge is 2.43. The molecule has 3 rings (SSSR count). The predicted molar refractivity (Wildman–Crippen MR) is 116 cm³/mol. The van der Waals surface area contributed by atoms with Crippen LogP contribution in [0.4, 0.5) is 5.69 Å². The number of ether oxygens (including phenoxy) is 3. The molecule has 1 aromatic rings. The Bertz CT molecular complexity index is 1030. The van der Waals surface area contributed by atoms with Gasteiger partial charge >= 0.3 is 11.9 Å². The van der Waals surface area contributed by atoms with Gasteiger partial charge in [0.25, 0.3) is 5.69 Å². The van der Waals surface area contributed by atoms with Crippen molar-refractivity contribution in [3.8, 4) is 6.07 Å². The van der Waals surface area contributed by atoms with Crippen LogP contribution in [0.3, 0.4) is 0 Å². The second-order valence-corrected chi connectivity index (χ2v) is 7.84. The minimum atomic E-state index is -1.00. The topological polar surface area (TPSA) is 141 Å². The van der Waals surface area contributed by atoms with Crippen LogP contribution in [-0.2, 0) is 23.8 Å². The fourth-order valence-corrected chi connectivity index (χ4v) is 4.07. The Hall–Kier alpha value is -3.58. The van der Waals surface area contributed by atoms with Crippen molar-refractivity contribution in [1.82, 2.24) is 0 Å². The number of rotatable bonds is 7. The molecule has 0 radical (unpaired) electrons. The van der Waals surface area contributed by atoms with Gasteiger partial charge in [-0.2, -0.15) is 5.26 Å². The van der Waals surface area contributed by atoms with Crippen LogP contribution in [0.1, 0.15) is 51.0 Å². The lowest BCUT2D eigenvalue weighted by molar-refractivity contribution is -0.384. The highest BCUT2D eigenvalue weighted by Crippen LogP contribution is 2.41. The smallest absolute Gasteiger partial charge is 0.336 e. The standard InChI is InChI=1S/C23H25N3O7/c1-14-19(22(27)32-12-6-10-24)21(16-7-5-8-17(13-16)26(29)30)20(15(2)25-14)23(28)33-18-9-3-4-11-31-18/h5,7-8,13,18,20-21H,3-4,6,9,11-12H2,1-2H3/t18?,20?,21-/m0/s1. The van der Waals surface area contributed by atoms with Crippen molar-refractivity contribution in [2.75, 3.05) is 13.2 Å². The number of non-ortho nitro benzene ring substituents is 1. The quantitative estimate of drug-likeness (QED) is 0.263. The summed E-state index contributed by atoms with van der Waals surface area (Å²) in [6.07, 6.45) is 1.62. The third-order valence-electron chi connectivity index (χ3n) is 5.57. The first-order chi connectivity index (χ1) is 15.8. The number of carbonyl (C=O) groups is 2. The number of aliphatic imine (C=N–C) groups is 1. The first-order valence-corrected chi connectivity index (χ1v) is 10.7. The summed E-state index contributed by atoms with van der Waals surface area (Å²) in [4.78, 5) is 41.5. The number of hydrogen-bond donors (Lipinski definition) is 0. The maximum absolute atomic E-state index is 13.3. The summed E-state index contributed by atoms with van der Waals surface area (Å²) in [6.45, 7) is 3.63. The van der Waals surface area contributed by atoms with E-state index in [1.54, 1.807) is 19.9 Å². The fraction of sp³-hybridized carbons (Fsp3) is 0.478. The largest absolute Gasteiger partial charge is 0.461 e. The Morgan fingerprint density at radius 3 is 2.79 bits per heavy atom. The number of nitro groups is 1. The van der Waals surface area contributed by atoms with Gasteiger partial charge in [0, 0.05) is 35.9 Å². The van der Waals surface area contributed by atoms with E-state index in [2.05, 4.69) is 4.99 Å². The lowest BCUT2D eigenvalue weighted by Crippen LogP contribution is -2.39. The number of benzene rings is 1. The average Bonchev–Trinajstić information content (AvgIpc) is 2.79. The molecular formula is C23H25N3O7. The second-order valence-electron chi connectivity index (χ2n) is 7.84.